The van der Waals surface area contributed by atoms with Gasteiger partial charge >= 0.3 is 0 Å². The zero-order chi connectivity index (χ0) is 25.1. The van der Waals surface area contributed by atoms with E-state index in [1.54, 1.807) is 6.07 Å². The molecule has 5 aromatic rings. The number of hydrogen-bond acceptors (Lipinski definition) is 1. The van der Waals surface area contributed by atoms with Crippen molar-refractivity contribution in [3.63, 3.8) is 0 Å². The van der Waals surface area contributed by atoms with E-state index in [1.165, 1.54) is 55.2 Å². The number of benzene rings is 3. The van der Waals surface area contributed by atoms with Crippen molar-refractivity contribution in [2.45, 2.75) is 64.2 Å². The third kappa shape index (κ3) is 3.54. The van der Waals surface area contributed by atoms with E-state index in [1.807, 2.05) is 12.1 Å². The van der Waals surface area contributed by atoms with Gasteiger partial charge < -0.3 is 4.42 Å². The van der Waals surface area contributed by atoms with E-state index in [4.69, 9.17) is 4.42 Å². The third-order valence-electron chi connectivity index (χ3n) is 8.91. The van der Waals surface area contributed by atoms with Crippen molar-refractivity contribution in [2.24, 2.45) is 7.05 Å². The molecule has 37 heavy (non-hydrogen) atoms. The molecule has 0 bridgehead atoms. The lowest BCUT2D eigenvalue weighted by Gasteiger charge is -2.25. The standard InChI is InChI=1S/C34H33FNO/c1-21-14-15-27-28-18-19-29(35)32(34(28)37-33(27)31(21)30-13-7-8-20-36(30)2)26-17-16-23(22-9-3-4-10-22)24-11-5-6-12-25(24)26/h7-8,13-20,22H,3-6,9-12H2,1-2H3/q+1. The van der Waals surface area contributed by atoms with Gasteiger partial charge in [-0.3, -0.25) is 0 Å². The van der Waals surface area contributed by atoms with Gasteiger partial charge in [0.15, 0.2) is 6.20 Å². The molecule has 2 aliphatic rings. The van der Waals surface area contributed by atoms with Crippen LogP contribution in [0.1, 0.15) is 66.7 Å². The lowest BCUT2D eigenvalue weighted by atomic mass is 9.79. The monoisotopic (exact) mass is 490 g/mol. The van der Waals surface area contributed by atoms with Crippen molar-refractivity contribution in [3.05, 3.63) is 88.9 Å². The molecule has 2 aromatic heterocycles. The molecular formula is C34H33FNO+. The topological polar surface area (TPSA) is 17.0 Å². The van der Waals surface area contributed by atoms with Crippen LogP contribution in [0.15, 0.2) is 65.2 Å². The van der Waals surface area contributed by atoms with Gasteiger partial charge in [0.25, 0.3) is 0 Å². The Kier molecular flexibility index (Phi) is 5.42. The van der Waals surface area contributed by atoms with E-state index in [-0.39, 0.29) is 5.82 Å². The van der Waals surface area contributed by atoms with E-state index in [0.717, 1.165) is 51.6 Å². The number of aromatic nitrogens is 1. The van der Waals surface area contributed by atoms with Gasteiger partial charge in [0.2, 0.25) is 5.69 Å². The molecule has 3 heteroatoms. The van der Waals surface area contributed by atoms with Gasteiger partial charge in [-0.2, -0.15) is 0 Å². The molecule has 2 aliphatic carbocycles. The summed E-state index contributed by atoms with van der Waals surface area (Å²) >= 11 is 0. The van der Waals surface area contributed by atoms with Crippen LogP contribution in [0.2, 0.25) is 0 Å². The summed E-state index contributed by atoms with van der Waals surface area (Å²) in [5, 5.41) is 2.02. The Morgan fingerprint density at radius 3 is 2.30 bits per heavy atom. The first kappa shape index (κ1) is 22.7. The van der Waals surface area contributed by atoms with Crippen molar-refractivity contribution < 1.29 is 13.4 Å². The fraction of sp³-hybridized carbons (Fsp3) is 0.324. The van der Waals surface area contributed by atoms with Gasteiger partial charge in [-0.1, -0.05) is 37.1 Å². The van der Waals surface area contributed by atoms with E-state index in [9.17, 15) is 0 Å². The first-order chi connectivity index (χ1) is 18.1. The molecule has 7 rings (SSSR count). The summed E-state index contributed by atoms with van der Waals surface area (Å²) in [7, 11) is 2.06. The zero-order valence-corrected chi connectivity index (χ0v) is 21.7. The molecule has 0 spiro atoms. The van der Waals surface area contributed by atoms with Crippen LogP contribution in [-0.4, -0.2) is 0 Å². The number of halogens is 1. The summed E-state index contributed by atoms with van der Waals surface area (Å²) in [5.74, 6) is 0.473. The zero-order valence-electron chi connectivity index (χ0n) is 21.7. The Morgan fingerprint density at radius 1 is 0.784 bits per heavy atom. The Balaban J connectivity index is 1.50. The molecule has 1 saturated carbocycles. The van der Waals surface area contributed by atoms with Gasteiger partial charge in [0, 0.05) is 22.9 Å². The van der Waals surface area contributed by atoms with E-state index in [0.29, 0.717) is 17.1 Å². The van der Waals surface area contributed by atoms with Crippen LogP contribution < -0.4 is 4.57 Å². The van der Waals surface area contributed by atoms with Crippen molar-refractivity contribution in [2.75, 3.05) is 0 Å². The molecule has 2 nitrogen and oxygen atoms in total. The first-order valence-electron chi connectivity index (χ1n) is 13.9. The van der Waals surface area contributed by atoms with Crippen LogP contribution in [0, 0.1) is 12.7 Å². The number of pyridine rings is 1. The van der Waals surface area contributed by atoms with E-state index < -0.39 is 0 Å². The predicted octanol–water partition coefficient (Wildman–Crippen LogP) is 8.73. The molecule has 2 heterocycles. The number of fused-ring (bicyclic) bond motifs is 4. The minimum absolute atomic E-state index is 0.198. The molecule has 1 fully saturated rings. The second-order valence-electron chi connectivity index (χ2n) is 11.1. The molecule has 0 N–H and O–H groups in total. The third-order valence-corrected chi connectivity index (χ3v) is 8.91. The van der Waals surface area contributed by atoms with Crippen LogP contribution >= 0.6 is 0 Å². The van der Waals surface area contributed by atoms with Gasteiger partial charge in [-0.25, -0.2) is 8.96 Å². The van der Waals surface area contributed by atoms with Crippen molar-refractivity contribution >= 4 is 21.9 Å². The normalized spacial score (nSPS) is 16.1. The Labute approximate surface area is 217 Å². The highest BCUT2D eigenvalue weighted by molar-refractivity contribution is 6.13. The van der Waals surface area contributed by atoms with Crippen molar-refractivity contribution in [3.8, 4) is 22.4 Å². The highest BCUT2D eigenvalue weighted by Gasteiger charge is 2.28. The second kappa shape index (κ2) is 8.83. The quantitative estimate of drug-likeness (QED) is 0.231. The van der Waals surface area contributed by atoms with Crippen molar-refractivity contribution in [1.82, 2.24) is 0 Å². The fourth-order valence-corrected chi connectivity index (χ4v) is 7.08. The Bertz CT molecular complexity index is 1670. The fourth-order valence-electron chi connectivity index (χ4n) is 7.08. The van der Waals surface area contributed by atoms with Crippen LogP contribution in [0.4, 0.5) is 4.39 Å². The maximum absolute atomic E-state index is 15.8. The second-order valence-corrected chi connectivity index (χ2v) is 11.1. The Hall–Kier alpha value is -3.46. The summed E-state index contributed by atoms with van der Waals surface area (Å²) < 4.78 is 24.6. The van der Waals surface area contributed by atoms with Crippen LogP contribution in [-0.2, 0) is 19.9 Å². The molecule has 186 valence electrons. The summed E-state index contributed by atoms with van der Waals surface area (Å²) in [5.41, 5.74) is 10.8. The lowest BCUT2D eigenvalue weighted by molar-refractivity contribution is -0.660. The SMILES string of the molecule is Cc1ccc2c(oc3c(-c4ccc(C5CCCC5)c5c4CCCC5)c(F)ccc32)c1-c1cccc[n+]1C. The molecular weight excluding hydrogens is 457 g/mol. The highest BCUT2D eigenvalue weighted by Crippen LogP contribution is 2.46. The average molecular weight is 491 g/mol. The van der Waals surface area contributed by atoms with E-state index in [2.05, 4.69) is 61.1 Å². The van der Waals surface area contributed by atoms with Crippen molar-refractivity contribution in [1.29, 1.82) is 0 Å². The van der Waals surface area contributed by atoms with Crippen LogP contribution in [0.5, 0.6) is 0 Å². The van der Waals surface area contributed by atoms with Gasteiger partial charge in [-0.15, -0.1) is 0 Å². The van der Waals surface area contributed by atoms with Crippen LogP contribution in [0.3, 0.4) is 0 Å². The molecule has 3 aromatic carbocycles. The molecule has 0 amide bonds. The smallest absolute Gasteiger partial charge is 0.216 e. The predicted molar refractivity (Wildman–Crippen MR) is 148 cm³/mol. The molecule has 0 atom stereocenters. The maximum Gasteiger partial charge on any atom is 0.216 e. The minimum Gasteiger partial charge on any atom is -0.454 e. The highest BCUT2D eigenvalue weighted by atomic mass is 19.1. The number of nitrogens with zero attached hydrogens (tertiary/aromatic N) is 1. The van der Waals surface area contributed by atoms with Crippen LogP contribution in [0.25, 0.3) is 44.3 Å². The summed E-state index contributed by atoms with van der Waals surface area (Å²) in [6.07, 6.45) is 11.8. The summed E-state index contributed by atoms with van der Waals surface area (Å²) in [6, 6.07) is 18.5. The largest absolute Gasteiger partial charge is 0.454 e. The number of rotatable bonds is 3. The van der Waals surface area contributed by atoms with Gasteiger partial charge in [0.05, 0.1) is 11.1 Å². The van der Waals surface area contributed by atoms with E-state index >= 15 is 4.39 Å². The molecule has 0 saturated heterocycles. The first-order valence-corrected chi connectivity index (χ1v) is 13.9. The number of furan rings is 1. The number of hydrogen-bond donors (Lipinski definition) is 0. The maximum atomic E-state index is 15.8. The van der Waals surface area contributed by atoms with Gasteiger partial charge in [-0.05, 0) is 97.4 Å². The molecule has 0 unspecified atom stereocenters. The van der Waals surface area contributed by atoms with Gasteiger partial charge in [0.1, 0.15) is 24.0 Å². The average Bonchev–Trinajstić information content (AvgIpc) is 3.57. The molecule has 0 aliphatic heterocycles. The minimum atomic E-state index is -0.198. The lowest BCUT2D eigenvalue weighted by Crippen LogP contribution is -2.30. The molecule has 0 radical (unpaired) electrons. The summed E-state index contributed by atoms with van der Waals surface area (Å²) in [6.45, 7) is 2.12. The number of aryl methyl sites for hydroxylation is 2. The summed E-state index contributed by atoms with van der Waals surface area (Å²) in [4.78, 5) is 0. The Morgan fingerprint density at radius 2 is 1.51 bits per heavy atom.